The molecule has 2 amide bonds. The molecule has 0 bridgehead atoms. The molecule has 0 spiro atoms. The first-order valence-corrected chi connectivity index (χ1v) is 33.6. The second kappa shape index (κ2) is 37.3. The molecule has 6 heterocycles. The van der Waals surface area contributed by atoms with Crippen LogP contribution in [0.2, 0.25) is 21.0 Å². The molecule has 14 N–H and O–H groups in total. The van der Waals surface area contributed by atoms with Crippen molar-refractivity contribution in [1.82, 2.24) is 49.7 Å². The largest absolute Gasteiger partial charge is 0.481 e. The Labute approximate surface area is 585 Å². The molecule has 6 fully saturated rings. The highest BCUT2D eigenvalue weighted by Crippen LogP contribution is 2.33. The van der Waals surface area contributed by atoms with Crippen LogP contribution in [-0.4, -0.2) is 174 Å². The molecule has 4 aliphatic carbocycles. The first kappa shape index (κ1) is 77.4. The highest BCUT2D eigenvalue weighted by Gasteiger charge is 2.36. The van der Waals surface area contributed by atoms with Gasteiger partial charge in [0.05, 0.1) is 48.5 Å². The molecule has 4 saturated carbocycles. The third-order valence-corrected chi connectivity index (χ3v) is 18.5. The van der Waals surface area contributed by atoms with Crippen LogP contribution in [0.1, 0.15) is 88.2 Å². The fourth-order valence-electron chi connectivity index (χ4n) is 12.3. The first-order chi connectivity index (χ1) is 46.6. The van der Waals surface area contributed by atoms with Crippen LogP contribution >= 0.6 is 46.4 Å². The SMILES string of the molecule is Cc1cc(N)ccc1N1CCN(C)CC1.Cc1cc(Nc2ncc(F)c(N[C@@H]3CCC[C@@H]3C(N)=O)n2)ccc1N1CCN(C)CC1.Fc1cnc(Cl)nc1Cl.NC(=O)[C@H]1CCC[C@H]1Nc1nc(Cl)ncc1F.N[C@@H]1CCC[C@@H]1C(=O)O.O=C(O)[C@H]1CCC[C@H]1Nc1nc(Cl)ncc1F. The van der Waals surface area contributed by atoms with Crippen LogP contribution in [0.3, 0.4) is 0 Å². The zero-order valence-corrected chi connectivity index (χ0v) is 57.8. The molecule has 34 heteroatoms. The van der Waals surface area contributed by atoms with E-state index in [1.165, 1.54) is 16.9 Å². The number of aliphatic carboxylic acids is 2. The summed E-state index contributed by atoms with van der Waals surface area (Å²) in [7, 11) is 4.32. The maximum Gasteiger partial charge on any atom is 0.308 e. The van der Waals surface area contributed by atoms with Crippen molar-refractivity contribution in [3.8, 4) is 0 Å². The van der Waals surface area contributed by atoms with Gasteiger partial charge in [-0.15, -0.1) is 0 Å². The summed E-state index contributed by atoms with van der Waals surface area (Å²) in [6.45, 7) is 12.8. The summed E-state index contributed by atoms with van der Waals surface area (Å²) in [5.74, 6) is -5.82. The number of halogens is 8. The van der Waals surface area contributed by atoms with Crippen LogP contribution in [0.4, 0.5) is 63.7 Å². The van der Waals surface area contributed by atoms with Crippen molar-refractivity contribution < 1.29 is 47.0 Å². The number of rotatable bonds is 14. The standard InChI is InChI=1S/C22H30FN7O.C12H19N3.C10H12ClFN4O.C10H11ClFN3O2.C6H11NO2.C4HCl2FN2/c1-14-12-15(6-7-19(14)30-10-8-29(2)9-11-30)26-22-25-13-17(23)21(28-22)27-18-5-3-4-16(18)20(24)31;1-10-9-11(13)3-4-12(10)15-7-5-14(2)6-8-15;11-10-14-4-6(12)9(16-10)15-7-3-1-2-5(7)8(13)17;11-10-13-4-6(12)8(15-10)14-7-3-1-2-5(7)9(16)17;7-5-3-1-2-4(5)6(8)9;5-3-2(7)1-8-4(6)9-3/h6-7,12-13,16,18H,3-5,8-11H2,1-2H3,(H2,24,31)(H2,25,26,27,28);3-4,9H,5-8,13H2,1-2H3;4-5,7H,1-3H2,(H2,13,17)(H,14,15,16);4-5,7H,1-3H2,(H,16,17)(H,13,14,15);4-5H,1-3,7H2,(H,8,9);1H/t16-,18+;;2*5-,7+;4-,5+;/m0.000./s1. The van der Waals surface area contributed by atoms with E-state index in [-0.39, 0.29) is 92.2 Å². The van der Waals surface area contributed by atoms with Gasteiger partial charge in [0.1, 0.15) is 0 Å². The van der Waals surface area contributed by atoms with Gasteiger partial charge in [0, 0.05) is 99.3 Å². The van der Waals surface area contributed by atoms with Gasteiger partial charge in [0.25, 0.3) is 0 Å². The highest BCUT2D eigenvalue weighted by atomic mass is 35.5. The Morgan fingerprint density at radius 3 is 1.29 bits per heavy atom. The van der Waals surface area contributed by atoms with Gasteiger partial charge in [0.15, 0.2) is 45.9 Å². The summed E-state index contributed by atoms with van der Waals surface area (Å²) in [4.78, 5) is 83.1. The number of nitrogens with one attached hydrogen (secondary N) is 4. The number of aryl methyl sites for hydroxylation is 2. The number of primary amides is 2. The summed E-state index contributed by atoms with van der Waals surface area (Å²) in [5, 5.41) is 29.0. The molecule has 4 aromatic heterocycles. The van der Waals surface area contributed by atoms with Gasteiger partial charge in [-0.3, -0.25) is 19.2 Å². The summed E-state index contributed by atoms with van der Waals surface area (Å²) >= 11 is 21.6. The van der Waals surface area contributed by atoms with Crippen molar-refractivity contribution >= 4 is 116 Å². The van der Waals surface area contributed by atoms with Gasteiger partial charge in [-0.2, -0.15) is 15.0 Å². The van der Waals surface area contributed by atoms with Gasteiger partial charge >= 0.3 is 11.9 Å². The molecule has 98 heavy (non-hydrogen) atoms. The highest BCUT2D eigenvalue weighted by molar-refractivity contribution is 6.31. The molecule has 26 nitrogen and oxygen atoms in total. The minimum atomic E-state index is -0.874. The number of piperazine rings is 2. The maximum absolute atomic E-state index is 14.3. The van der Waals surface area contributed by atoms with E-state index < -0.39 is 41.1 Å². The number of hydrogen-bond donors (Lipinski definition) is 10. The first-order valence-electron chi connectivity index (χ1n) is 32.1. The Bertz CT molecular complexity index is 3580. The third kappa shape index (κ3) is 23.0. The van der Waals surface area contributed by atoms with Crippen molar-refractivity contribution in [3.05, 3.63) is 117 Å². The van der Waals surface area contributed by atoms with E-state index in [1.54, 1.807) is 0 Å². The second-order valence-corrected chi connectivity index (χ2v) is 26.0. The van der Waals surface area contributed by atoms with Crippen LogP contribution in [0.15, 0.2) is 61.2 Å². The maximum atomic E-state index is 14.3. The van der Waals surface area contributed by atoms with Crippen molar-refractivity contribution in [3.63, 3.8) is 0 Å². The molecule has 6 aromatic rings. The molecule has 6 aliphatic rings. The molecule has 532 valence electrons. The van der Waals surface area contributed by atoms with Crippen molar-refractivity contribution in [2.45, 2.75) is 115 Å². The Balaban J connectivity index is 0.000000175. The summed E-state index contributed by atoms with van der Waals surface area (Å²) < 4.78 is 53.2. The smallest absolute Gasteiger partial charge is 0.308 e. The third-order valence-electron chi connectivity index (χ3n) is 17.7. The normalized spacial score (nSPS) is 22.0. The molecular formula is C64H84Cl4F4N20O6. The fourth-order valence-corrected chi connectivity index (χ4v) is 12.9. The zero-order chi connectivity index (χ0) is 71.3. The quantitative estimate of drug-likeness (QED) is 0.0210. The van der Waals surface area contributed by atoms with Gasteiger partial charge < -0.3 is 74.0 Å². The predicted octanol–water partition coefficient (Wildman–Crippen LogP) is 9.20. The number of likely N-dealkylation sites (N-methyl/N-ethyl adjacent to an activating group) is 2. The number of carbonyl (C=O) groups is 4. The number of nitrogen functional groups attached to an aromatic ring is 1. The number of aromatic nitrogens is 8. The van der Waals surface area contributed by atoms with Gasteiger partial charge in [0.2, 0.25) is 33.6 Å². The number of benzene rings is 2. The Morgan fingerprint density at radius 2 is 0.888 bits per heavy atom. The lowest BCUT2D eigenvalue weighted by atomic mass is 10.0. The van der Waals surface area contributed by atoms with Crippen LogP contribution in [0.25, 0.3) is 0 Å². The predicted molar refractivity (Wildman–Crippen MR) is 371 cm³/mol. The van der Waals surface area contributed by atoms with Crippen LogP contribution in [0, 0.1) is 60.8 Å². The lowest BCUT2D eigenvalue weighted by Crippen LogP contribution is -2.44. The monoisotopic (exact) mass is 1440 g/mol. The van der Waals surface area contributed by atoms with E-state index in [2.05, 4.69) is 121 Å². The molecule has 2 aliphatic heterocycles. The molecule has 12 rings (SSSR count). The minimum absolute atomic E-state index is 0.0168. The van der Waals surface area contributed by atoms with E-state index in [1.807, 2.05) is 24.3 Å². The van der Waals surface area contributed by atoms with Gasteiger partial charge in [-0.05, 0) is 162 Å². The summed E-state index contributed by atoms with van der Waals surface area (Å²) in [6.07, 6.45) is 13.4. The molecule has 0 radical (unpaired) electrons. The molecule has 8 atom stereocenters. The van der Waals surface area contributed by atoms with Gasteiger partial charge in [-0.25, -0.2) is 42.5 Å². The number of hydrogen-bond acceptors (Lipinski definition) is 22. The molecule has 2 aromatic carbocycles. The lowest BCUT2D eigenvalue weighted by Gasteiger charge is -2.35. The average molecular weight is 1450 g/mol. The van der Waals surface area contributed by atoms with Crippen LogP contribution < -0.4 is 54.0 Å². The number of carboxylic acids is 2. The van der Waals surface area contributed by atoms with E-state index in [0.717, 1.165) is 145 Å². The van der Waals surface area contributed by atoms with Crippen molar-refractivity contribution in [1.29, 1.82) is 0 Å². The minimum Gasteiger partial charge on any atom is -0.481 e. The number of amides is 2. The van der Waals surface area contributed by atoms with E-state index in [4.69, 9.17) is 79.6 Å². The topological polar surface area (TPSA) is 377 Å². The average Bonchev–Trinajstić information content (AvgIpc) is 0.962. The lowest BCUT2D eigenvalue weighted by molar-refractivity contribution is -0.142. The summed E-state index contributed by atoms with van der Waals surface area (Å²) in [5.41, 5.74) is 28.7. The van der Waals surface area contributed by atoms with Gasteiger partial charge in [-0.1, -0.05) is 37.3 Å². The summed E-state index contributed by atoms with van der Waals surface area (Å²) in [6, 6.07) is 11.5. The zero-order valence-electron chi connectivity index (χ0n) is 54.8. The van der Waals surface area contributed by atoms with Crippen molar-refractivity contribution in [2.75, 3.05) is 103 Å². The number of carboxylic acid groups (broad SMARTS) is 2. The van der Waals surface area contributed by atoms with E-state index >= 15 is 0 Å². The van der Waals surface area contributed by atoms with Crippen LogP contribution in [0.5, 0.6) is 0 Å². The van der Waals surface area contributed by atoms with Crippen molar-refractivity contribution in [2.24, 2.45) is 40.9 Å². The Kier molecular flexibility index (Phi) is 29.4. The number of anilines is 8. The second-order valence-electron chi connectivity index (χ2n) is 24.6. The number of nitrogens with zero attached hydrogens (tertiary/aromatic N) is 12. The fraction of sp³-hybridized carbons (Fsp3) is 0.500. The van der Waals surface area contributed by atoms with E-state index in [0.29, 0.717) is 31.6 Å². The van der Waals surface area contributed by atoms with Crippen LogP contribution in [-0.2, 0) is 19.2 Å². The molecule has 2 saturated heterocycles. The van der Waals surface area contributed by atoms with E-state index in [9.17, 15) is 36.7 Å². The Hall–Kier alpha value is -8.00. The Morgan fingerprint density at radius 1 is 0.500 bits per heavy atom. The number of carbonyl (C=O) groups excluding carboxylic acids is 2. The molecular weight excluding hydrogens is 1360 g/mol. The number of nitrogens with two attached hydrogens (primary N) is 4. The molecule has 0 unspecified atom stereocenters.